The summed E-state index contributed by atoms with van der Waals surface area (Å²) in [5.41, 5.74) is 4.09. The second kappa shape index (κ2) is 9.09. The molecule has 1 aromatic carbocycles. The molecule has 146 valence electrons. The number of carbonyl (C=O) groups excluding carboxylic acids is 1. The van der Waals surface area contributed by atoms with Gasteiger partial charge in [0, 0.05) is 47.2 Å². The van der Waals surface area contributed by atoms with Crippen LogP contribution in [-0.2, 0) is 4.74 Å². The van der Waals surface area contributed by atoms with Crippen LogP contribution in [0, 0.1) is 13.8 Å². The first kappa shape index (κ1) is 20.2. The molecular formula is C22H30N2O2S. The van der Waals surface area contributed by atoms with E-state index in [1.165, 1.54) is 4.90 Å². The number of benzene rings is 1. The number of ketones is 1. The van der Waals surface area contributed by atoms with Gasteiger partial charge in [0.15, 0.2) is 5.78 Å². The maximum atomic E-state index is 13.0. The number of nitrogens with zero attached hydrogens (tertiary/aromatic N) is 2. The van der Waals surface area contributed by atoms with Gasteiger partial charge in [0.1, 0.15) is 0 Å². The molecule has 0 saturated carbocycles. The highest BCUT2D eigenvalue weighted by molar-refractivity contribution is 7.98. The lowest BCUT2D eigenvalue weighted by Crippen LogP contribution is -2.40. The SMILES string of the molecule is CCOC1CCN(CC(=O)c2cc(C)n(-c3cccc(SC)c3)c2C)CC1. The summed E-state index contributed by atoms with van der Waals surface area (Å²) in [6.07, 6.45) is 4.47. The van der Waals surface area contributed by atoms with Crippen LogP contribution in [0.15, 0.2) is 35.2 Å². The number of hydrogen-bond donors (Lipinski definition) is 0. The predicted octanol–water partition coefficient (Wildman–Crippen LogP) is 4.50. The third-order valence-corrected chi connectivity index (χ3v) is 6.07. The maximum absolute atomic E-state index is 13.0. The molecule has 0 N–H and O–H groups in total. The van der Waals surface area contributed by atoms with Crippen molar-refractivity contribution in [2.75, 3.05) is 32.5 Å². The summed E-state index contributed by atoms with van der Waals surface area (Å²) in [4.78, 5) is 16.5. The van der Waals surface area contributed by atoms with E-state index in [0.717, 1.165) is 55.2 Å². The van der Waals surface area contributed by atoms with E-state index in [9.17, 15) is 4.79 Å². The van der Waals surface area contributed by atoms with Crippen molar-refractivity contribution in [2.24, 2.45) is 0 Å². The fourth-order valence-electron chi connectivity index (χ4n) is 3.95. The van der Waals surface area contributed by atoms with E-state index in [1.54, 1.807) is 11.8 Å². The molecule has 1 aliphatic heterocycles. The van der Waals surface area contributed by atoms with Crippen LogP contribution in [0.3, 0.4) is 0 Å². The Morgan fingerprint density at radius 1 is 1.22 bits per heavy atom. The van der Waals surface area contributed by atoms with Gasteiger partial charge in [-0.15, -0.1) is 11.8 Å². The number of aromatic nitrogens is 1. The minimum Gasteiger partial charge on any atom is -0.378 e. The smallest absolute Gasteiger partial charge is 0.178 e. The van der Waals surface area contributed by atoms with Gasteiger partial charge in [0.05, 0.1) is 12.6 Å². The minimum atomic E-state index is 0.213. The average molecular weight is 387 g/mol. The van der Waals surface area contributed by atoms with Crippen LogP contribution in [-0.4, -0.2) is 53.9 Å². The molecule has 2 heterocycles. The average Bonchev–Trinajstić information content (AvgIpc) is 2.98. The summed E-state index contributed by atoms with van der Waals surface area (Å²) < 4.78 is 7.90. The zero-order valence-corrected chi connectivity index (χ0v) is 17.6. The van der Waals surface area contributed by atoms with Crippen molar-refractivity contribution in [1.82, 2.24) is 9.47 Å². The Morgan fingerprint density at radius 2 is 1.96 bits per heavy atom. The van der Waals surface area contributed by atoms with Gasteiger partial charge in [-0.3, -0.25) is 9.69 Å². The minimum absolute atomic E-state index is 0.213. The lowest BCUT2D eigenvalue weighted by atomic mass is 10.1. The Morgan fingerprint density at radius 3 is 2.63 bits per heavy atom. The molecule has 27 heavy (non-hydrogen) atoms. The Hall–Kier alpha value is -1.56. The number of likely N-dealkylation sites (tertiary alicyclic amines) is 1. The molecule has 1 saturated heterocycles. The number of hydrogen-bond acceptors (Lipinski definition) is 4. The second-order valence-corrected chi connectivity index (χ2v) is 8.06. The summed E-state index contributed by atoms with van der Waals surface area (Å²) >= 11 is 1.73. The Labute approximate surface area is 166 Å². The van der Waals surface area contributed by atoms with E-state index in [2.05, 4.69) is 46.9 Å². The fraction of sp³-hybridized carbons (Fsp3) is 0.500. The lowest BCUT2D eigenvalue weighted by Gasteiger charge is -2.31. The van der Waals surface area contributed by atoms with Crippen molar-refractivity contribution in [3.63, 3.8) is 0 Å². The van der Waals surface area contributed by atoms with Gasteiger partial charge >= 0.3 is 0 Å². The van der Waals surface area contributed by atoms with E-state index in [-0.39, 0.29) is 5.78 Å². The van der Waals surface area contributed by atoms with Gasteiger partial charge in [-0.1, -0.05) is 6.07 Å². The van der Waals surface area contributed by atoms with Gasteiger partial charge in [-0.25, -0.2) is 0 Å². The molecule has 3 rings (SSSR count). The van der Waals surface area contributed by atoms with Crippen LogP contribution in [0.2, 0.25) is 0 Å². The van der Waals surface area contributed by atoms with Crippen LogP contribution in [0.25, 0.3) is 5.69 Å². The predicted molar refractivity (Wildman–Crippen MR) is 112 cm³/mol. The molecule has 4 nitrogen and oxygen atoms in total. The van der Waals surface area contributed by atoms with Crippen LogP contribution < -0.4 is 0 Å². The first-order valence-corrected chi connectivity index (χ1v) is 11.0. The zero-order valence-electron chi connectivity index (χ0n) is 16.8. The third kappa shape index (κ3) is 4.65. The summed E-state index contributed by atoms with van der Waals surface area (Å²) in [5, 5.41) is 0. The van der Waals surface area contributed by atoms with Crippen molar-refractivity contribution in [2.45, 2.75) is 44.6 Å². The molecular weight excluding hydrogens is 356 g/mol. The lowest BCUT2D eigenvalue weighted by molar-refractivity contribution is 0.0147. The molecule has 0 atom stereocenters. The summed E-state index contributed by atoms with van der Waals surface area (Å²) in [7, 11) is 0. The van der Waals surface area contributed by atoms with Crippen LogP contribution >= 0.6 is 11.8 Å². The fourth-order valence-corrected chi connectivity index (χ4v) is 4.40. The standard InChI is InChI=1S/C22H30N2O2S/c1-5-26-19-9-11-23(12-10-19)15-22(25)21-13-16(2)24(17(21)3)18-7-6-8-20(14-18)27-4/h6-8,13-14,19H,5,9-12,15H2,1-4H3. The van der Waals surface area contributed by atoms with Crippen molar-refractivity contribution in [3.05, 3.63) is 47.3 Å². The molecule has 1 fully saturated rings. The van der Waals surface area contributed by atoms with E-state index in [0.29, 0.717) is 12.6 Å². The maximum Gasteiger partial charge on any atom is 0.178 e. The zero-order chi connectivity index (χ0) is 19.4. The number of carbonyl (C=O) groups is 1. The van der Waals surface area contributed by atoms with Crippen LogP contribution in [0.5, 0.6) is 0 Å². The number of rotatable bonds is 7. The molecule has 0 unspecified atom stereocenters. The van der Waals surface area contributed by atoms with Gasteiger partial charge in [0.25, 0.3) is 0 Å². The largest absolute Gasteiger partial charge is 0.378 e. The Bertz CT molecular complexity index is 792. The second-order valence-electron chi connectivity index (χ2n) is 7.18. The Balaban J connectivity index is 1.73. The molecule has 2 aromatic rings. The van der Waals surface area contributed by atoms with E-state index < -0.39 is 0 Å². The molecule has 0 aliphatic carbocycles. The third-order valence-electron chi connectivity index (χ3n) is 5.35. The quantitative estimate of drug-likeness (QED) is 0.518. The Kier molecular flexibility index (Phi) is 6.79. The van der Waals surface area contributed by atoms with Crippen molar-refractivity contribution < 1.29 is 9.53 Å². The number of piperidine rings is 1. The molecule has 0 radical (unpaired) electrons. The van der Waals surface area contributed by atoms with Crippen molar-refractivity contribution in [3.8, 4) is 5.69 Å². The number of thioether (sulfide) groups is 1. The van der Waals surface area contributed by atoms with Gasteiger partial charge < -0.3 is 9.30 Å². The van der Waals surface area contributed by atoms with Gasteiger partial charge in [-0.2, -0.15) is 0 Å². The highest BCUT2D eigenvalue weighted by Gasteiger charge is 2.23. The molecule has 0 amide bonds. The topological polar surface area (TPSA) is 34.5 Å². The molecule has 1 aliphatic rings. The highest BCUT2D eigenvalue weighted by atomic mass is 32.2. The molecule has 5 heteroatoms. The number of Topliss-reactive ketones (excluding diaryl/α,β-unsaturated/α-hetero) is 1. The van der Waals surface area contributed by atoms with Crippen LogP contribution in [0.1, 0.15) is 41.5 Å². The van der Waals surface area contributed by atoms with Crippen LogP contribution in [0.4, 0.5) is 0 Å². The highest BCUT2D eigenvalue weighted by Crippen LogP contribution is 2.25. The van der Waals surface area contributed by atoms with Crippen molar-refractivity contribution in [1.29, 1.82) is 0 Å². The van der Waals surface area contributed by atoms with E-state index >= 15 is 0 Å². The molecule has 0 bridgehead atoms. The van der Waals surface area contributed by atoms with Crippen molar-refractivity contribution >= 4 is 17.5 Å². The monoisotopic (exact) mass is 386 g/mol. The number of ether oxygens (including phenoxy) is 1. The first-order valence-electron chi connectivity index (χ1n) is 9.74. The summed E-state index contributed by atoms with van der Waals surface area (Å²) in [6, 6.07) is 10.5. The van der Waals surface area contributed by atoms with E-state index in [4.69, 9.17) is 4.74 Å². The summed E-state index contributed by atoms with van der Waals surface area (Å²) in [6.45, 7) is 9.30. The number of aryl methyl sites for hydroxylation is 1. The summed E-state index contributed by atoms with van der Waals surface area (Å²) in [5.74, 6) is 0.213. The normalized spacial score (nSPS) is 16.0. The van der Waals surface area contributed by atoms with Gasteiger partial charge in [0.2, 0.25) is 0 Å². The molecule has 0 spiro atoms. The van der Waals surface area contributed by atoms with E-state index in [1.807, 2.05) is 19.9 Å². The molecule has 1 aromatic heterocycles. The van der Waals surface area contributed by atoms with Gasteiger partial charge in [-0.05, 0) is 64.1 Å². The first-order chi connectivity index (χ1) is 13.0.